The highest BCUT2D eigenvalue weighted by molar-refractivity contribution is 7.12. The molecule has 0 aliphatic heterocycles. The van der Waals surface area contributed by atoms with Crippen LogP contribution in [0, 0.1) is 20.8 Å². The van der Waals surface area contributed by atoms with Crippen LogP contribution in [0.25, 0.3) is 0 Å². The van der Waals surface area contributed by atoms with Crippen molar-refractivity contribution in [2.45, 2.75) is 33.7 Å². The van der Waals surface area contributed by atoms with Gasteiger partial charge in [-0.25, -0.2) is 4.98 Å². The Labute approximate surface area is 105 Å². The third-order valence-corrected chi connectivity index (χ3v) is 3.81. The minimum atomic E-state index is 0.206. The van der Waals surface area contributed by atoms with Gasteiger partial charge in [0.05, 0.1) is 17.4 Å². The molecule has 0 aromatic carbocycles. The molecule has 2 aromatic heterocycles. The average Bonchev–Trinajstić information content (AvgIpc) is 2.70. The van der Waals surface area contributed by atoms with E-state index in [1.54, 1.807) is 11.3 Å². The third kappa shape index (κ3) is 2.79. The number of aromatic nitrogens is 3. The quantitative estimate of drug-likeness (QED) is 0.907. The van der Waals surface area contributed by atoms with E-state index in [0.717, 1.165) is 11.4 Å². The Balaban J connectivity index is 2.12. The van der Waals surface area contributed by atoms with E-state index < -0.39 is 0 Å². The molecule has 0 saturated carbocycles. The summed E-state index contributed by atoms with van der Waals surface area (Å²) in [7, 11) is 0. The highest BCUT2D eigenvalue weighted by atomic mass is 32.1. The number of hydrogen-bond donors (Lipinski definition) is 1. The van der Waals surface area contributed by atoms with Crippen LogP contribution in [-0.2, 0) is 0 Å². The number of thiophene rings is 1. The van der Waals surface area contributed by atoms with Crippen LogP contribution in [0.3, 0.4) is 0 Å². The summed E-state index contributed by atoms with van der Waals surface area (Å²) < 4.78 is 0. The van der Waals surface area contributed by atoms with Gasteiger partial charge in [-0.05, 0) is 39.8 Å². The van der Waals surface area contributed by atoms with E-state index in [2.05, 4.69) is 46.5 Å². The van der Waals surface area contributed by atoms with Crippen molar-refractivity contribution in [2.24, 2.45) is 0 Å². The minimum absolute atomic E-state index is 0.206. The standard InChI is InChI=1S/C12H16N4S/c1-7-5-6-11(17-7)10(4)14-12-13-8(2)9(3)15-16-12/h5-6,10H,1-4H3,(H,13,14,16). The lowest BCUT2D eigenvalue weighted by Gasteiger charge is -2.12. The molecular weight excluding hydrogens is 232 g/mol. The molecule has 17 heavy (non-hydrogen) atoms. The summed E-state index contributed by atoms with van der Waals surface area (Å²) in [6, 6.07) is 4.46. The van der Waals surface area contributed by atoms with Gasteiger partial charge < -0.3 is 5.32 Å². The second-order valence-corrected chi connectivity index (χ2v) is 5.44. The second-order valence-electron chi connectivity index (χ2n) is 4.12. The van der Waals surface area contributed by atoms with E-state index in [1.807, 2.05) is 13.8 Å². The fraction of sp³-hybridized carbons (Fsp3) is 0.417. The second kappa shape index (κ2) is 4.79. The van der Waals surface area contributed by atoms with Crippen molar-refractivity contribution in [1.82, 2.24) is 15.2 Å². The van der Waals surface area contributed by atoms with Gasteiger partial charge in [-0.2, -0.15) is 5.10 Å². The zero-order valence-corrected chi connectivity index (χ0v) is 11.3. The molecule has 90 valence electrons. The first-order valence-corrected chi connectivity index (χ1v) is 6.38. The number of nitrogens with one attached hydrogen (secondary N) is 1. The Bertz CT molecular complexity index is 521. The van der Waals surface area contributed by atoms with Crippen LogP contribution >= 0.6 is 11.3 Å². The van der Waals surface area contributed by atoms with Crippen LogP contribution in [0.1, 0.15) is 34.1 Å². The summed E-state index contributed by atoms with van der Waals surface area (Å²) in [6.07, 6.45) is 0. The van der Waals surface area contributed by atoms with E-state index in [1.165, 1.54) is 9.75 Å². The van der Waals surface area contributed by atoms with Gasteiger partial charge >= 0.3 is 0 Å². The zero-order chi connectivity index (χ0) is 12.4. The molecule has 0 amide bonds. The molecule has 2 rings (SSSR count). The van der Waals surface area contributed by atoms with E-state index >= 15 is 0 Å². The third-order valence-electron chi connectivity index (χ3n) is 2.63. The maximum absolute atomic E-state index is 4.36. The fourth-order valence-corrected chi connectivity index (χ4v) is 2.35. The number of hydrogen-bond acceptors (Lipinski definition) is 5. The predicted octanol–water partition coefficient (Wildman–Crippen LogP) is 3.03. The van der Waals surface area contributed by atoms with Crippen molar-refractivity contribution in [3.05, 3.63) is 33.3 Å². The molecule has 0 aliphatic rings. The molecule has 4 nitrogen and oxygen atoms in total. The van der Waals surface area contributed by atoms with Crippen molar-refractivity contribution in [3.63, 3.8) is 0 Å². The Morgan fingerprint density at radius 2 is 1.88 bits per heavy atom. The Hall–Kier alpha value is -1.49. The molecule has 0 fully saturated rings. The molecule has 2 heterocycles. The lowest BCUT2D eigenvalue weighted by atomic mass is 10.3. The van der Waals surface area contributed by atoms with Crippen LogP contribution in [-0.4, -0.2) is 15.2 Å². The molecule has 1 N–H and O–H groups in total. The highest BCUT2D eigenvalue weighted by Crippen LogP contribution is 2.24. The van der Waals surface area contributed by atoms with Crippen molar-refractivity contribution < 1.29 is 0 Å². The lowest BCUT2D eigenvalue weighted by Crippen LogP contribution is -2.10. The van der Waals surface area contributed by atoms with Crippen molar-refractivity contribution in [2.75, 3.05) is 5.32 Å². The fourth-order valence-electron chi connectivity index (χ4n) is 1.47. The Morgan fingerprint density at radius 1 is 1.12 bits per heavy atom. The zero-order valence-electron chi connectivity index (χ0n) is 10.5. The smallest absolute Gasteiger partial charge is 0.243 e. The molecule has 2 aromatic rings. The van der Waals surface area contributed by atoms with Gasteiger partial charge in [-0.1, -0.05) is 0 Å². The SMILES string of the molecule is Cc1ccc(C(C)Nc2nnc(C)c(C)n2)s1. The first-order chi connectivity index (χ1) is 8.06. The van der Waals surface area contributed by atoms with Gasteiger partial charge in [-0.3, -0.25) is 0 Å². The topological polar surface area (TPSA) is 50.7 Å². The highest BCUT2D eigenvalue weighted by Gasteiger charge is 2.09. The van der Waals surface area contributed by atoms with Crippen molar-refractivity contribution in [1.29, 1.82) is 0 Å². The average molecular weight is 248 g/mol. The molecule has 1 atom stereocenters. The van der Waals surface area contributed by atoms with Crippen LogP contribution in [0.2, 0.25) is 0 Å². The van der Waals surface area contributed by atoms with Crippen molar-refractivity contribution >= 4 is 17.3 Å². The number of aryl methyl sites for hydroxylation is 3. The molecular formula is C12H16N4S. The van der Waals surface area contributed by atoms with Crippen molar-refractivity contribution in [3.8, 4) is 0 Å². The molecule has 0 aliphatic carbocycles. The number of nitrogens with zero attached hydrogens (tertiary/aromatic N) is 3. The lowest BCUT2D eigenvalue weighted by molar-refractivity contribution is 0.831. The summed E-state index contributed by atoms with van der Waals surface area (Å²) in [5.41, 5.74) is 1.78. The predicted molar refractivity (Wildman–Crippen MR) is 70.4 cm³/mol. The first-order valence-electron chi connectivity index (χ1n) is 5.57. The summed E-state index contributed by atoms with van der Waals surface area (Å²) in [6.45, 7) is 8.05. The van der Waals surface area contributed by atoms with Gasteiger partial charge in [0, 0.05) is 9.75 Å². The van der Waals surface area contributed by atoms with Gasteiger partial charge in [-0.15, -0.1) is 16.4 Å². The van der Waals surface area contributed by atoms with E-state index in [4.69, 9.17) is 0 Å². The number of rotatable bonds is 3. The molecule has 5 heteroatoms. The first kappa shape index (κ1) is 12.0. The van der Waals surface area contributed by atoms with Crippen LogP contribution in [0.4, 0.5) is 5.95 Å². The summed E-state index contributed by atoms with van der Waals surface area (Å²) in [5, 5.41) is 11.4. The Kier molecular flexibility index (Phi) is 3.38. The van der Waals surface area contributed by atoms with Gasteiger partial charge in [0.1, 0.15) is 0 Å². The maximum atomic E-state index is 4.36. The largest absolute Gasteiger partial charge is 0.346 e. The van der Waals surface area contributed by atoms with Crippen LogP contribution in [0.5, 0.6) is 0 Å². The van der Waals surface area contributed by atoms with E-state index in [9.17, 15) is 0 Å². The summed E-state index contributed by atoms with van der Waals surface area (Å²) in [4.78, 5) is 6.96. The molecule has 0 saturated heterocycles. The Morgan fingerprint density at radius 3 is 2.47 bits per heavy atom. The molecule has 0 bridgehead atoms. The van der Waals surface area contributed by atoms with Crippen LogP contribution < -0.4 is 5.32 Å². The monoisotopic (exact) mass is 248 g/mol. The summed E-state index contributed by atoms with van der Waals surface area (Å²) >= 11 is 1.78. The maximum Gasteiger partial charge on any atom is 0.243 e. The molecule has 1 unspecified atom stereocenters. The van der Waals surface area contributed by atoms with Gasteiger partial charge in [0.15, 0.2) is 0 Å². The van der Waals surface area contributed by atoms with Gasteiger partial charge in [0.2, 0.25) is 5.95 Å². The van der Waals surface area contributed by atoms with E-state index in [-0.39, 0.29) is 6.04 Å². The van der Waals surface area contributed by atoms with Gasteiger partial charge in [0.25, 0.3) is 0 Å². The van der Waals surface area contributed by atoms with Crippen LogP contribution in [0.15, 0.2) is 12.1 Å². The molecule has 0 radical (unpaired) electrons. The molecule has 0 spiro atoms. The minimum Gasteiger partial charge on any atom is -0.346 e. The number of anilines is 1. The normalized spacial score (nSPS) is 12.5. The van der Waals surface area contributed by atoms with E-state index in [0.29, 0.717) is 5.95 Å². The summed E-state index contributed by atoms with van der Waals surface area (Å²) in [5.74, 6) is 0.589.